The van der Waals surface area contributed by atoms with E-state index in [1.54, 1.807) is 0 Å². The number of rotatable bonds is 5. The highest BCUT2D eigenvalue weighted by Crippen LogP contribution is 2.44. The number of hydrogen-bond acceptors (Lipinski definition) is 6. The van der Waals surface area contributed by atoms with Gasteiger partial charge in [0, 0.05) is 37.0 Å². The summed E-state index contributed by atoms with van der Waals surface area (Å²) in [7, 11) is 0. The van der Waals surface area contributed by atoms with Crippen molar-refractivity contribution in [2.75, 3.05) is 37.7 Å². The molecule has 6 nitrogen and oxygen atoms in total. The molecule has 0 N–H and O–H groups in total. The van der Waals surface area contributed by atoms with E-state index < -0.39 is 0 Å². The fourth-order valence-corrected chi connectivity index (χ4v) is 6.09. The van der Waals surface area contributed by atoms with Crippen LogP contribution in [-0.2, 0) is 17.6 Å². The van der Waals surface area contributed by atoms with Gasteiger partial charge in [-0.05, 0) is 56.2 Å². The number of para-hydroxylation sites is 1. The van der Waals surface area contributed by atoms with Gasteiger partial charge in [-0.2, -0.15) is 0 Å². The van der Waals surface area contributed by atoms with Gasteiger partial charge in [0.15, 0.2) is 6.61 Å². The van der Waals surface area contributed by atoms with Gasteiger partial charge in [-0.1, -0.05) is 18.2 Å². The molecule has 1 amide bonds. The van der Waals surface area contributed by atoms with Crippen LogP contribution in [0, 0.1) is 0 Å². The molecule has 6 rings (SSSR count). The van der Waals surface area contributed by atoms with Gasteiger partial charge < -0.3 is 14.5 Å². The molecule has 2 aromatic heterocycles. The highest BCUT2D eigenvalue weighted by Gasteiger charge is 2.32. The van der Waals surface area contributed by atoms with Crippen LogP contribution in [-0.4, -0.2) is 53.6 Å². The molecule has 166 valence electrons. The molecular formula is C25H28N4O2S. The summed E-state index contributed by atoms with van der Waals surface area (Å²) in [6.07, 6.45) is 7.28. The second-order valence-electron chi connectivity index (χ2n) is 9.04. The van der Waals surface area contributed by atoms with E-state index in [4.69, 9.17) is 14.7 Å². The van der Waals surface area contributed by atoms with Gasteiger partial charge >= 0.3 is 0 Å². The number of fused-ring (bicyclic) bond motifs is 3. The number of benzene rings is 1. The normalized spacial score (nSPS) is 18.6. The molecule has 2 fully saturated rings. The van der Waals surface area contributed by atoms with Crippen LogP contribution >= 0.6 is 11.3 Å². The van der Waals surface area contributed by atoms with E-state index in [9.17, 15) is 4.79 Å². The van der Waals surface area contributed by atoms with E-state index in [1.165, 1.54) is 52.8 Å². The molecular weight excluding hydrogens is 420 g/mol. The smallest absolute Gasteiger partial charge is 0.260 e. The largest absolute Gasteiger partial charge is 0.484 e. The number of thiophene rings is 1. The van der Waals surface area contributed by atoms with Crippen LogP contribution in [0.2, 0.25) is 0 Å². The Balaban J connectivity index is 1.20. The molecule has 0 atom stereocenters. The topological polar surface area (TPSA) is 58.6 Å². The molecule has 3 aliphatic rings. The van der Waals surface area contributed by atoms with Gasteiger partial charge in [-0.15, -0.1) is 11.3 Å². The summed E-state index contributed by atoms with van der Waals surface area (Å²) in [6.45, 7) is 3.10. The highest BCUT2D eigenvalue weighted by molar-refractivity contribution is 7.19. The van der Waals surface area contributed by atoms with Gasteiger partial charge in [0.25, 0.3) is 5.91 Å². The minimum absolute atomic E-state index is 0.0490. The van der Waals surface area contributed by atoms with Gasteiger partial charge in [-0.3, -0.25) is 4.79 Å². The van der Waals surface area contributed by atoms with E-state index in [0.29, 0.717) is 19.0 Å². The average Bonchev–Trinajstić information content (AvgIpc) is 3.63. The van der Waals surface area contributed by atoms with Crippen molar-refractivity contribution in [2.45, 2.75) is 44.4 Å². The van der Waals surface area contributed by atoms with Crippen molar-refractivity contribution in [3.8, 4) is 5.75 Å². The van der Waals surface area contributed by atoms with E-state index in [1.807, 2.05) is 46.6 Å². The zero-order valence-electron chi connectivity index (χ0n) is 18.3. The summed E-state index contributed by atoms with van der Waals surface area (Å²) in [5.74, 6) is 3.46. The fraction of sp³-hybridized carbons (Fsp3) is 0.480. The lowest BCUT2D eigenvalue weighted by Crippen LogP contribution is -2.50. The molecule has 7 heteroatoms. The number of aromatic nitrogens is 2. The van der Waals surface area contributed by atoms with E-state index in [0.717, 1.165) is 36.9 Å². The molecule has 0 spiro atoms. The van der Waals surface area contributed by atoms with Gasteiger partial charge in [0.1, 0.15) is 22.2 Å². The Morgan fingerprint density at radius 2 is 1.81 bits per heavy atom. The van der Waals surface area contributed by atoms with Crippen LogP contribution in [0.4, 0.5) is 5.82 Å². The van der Waals surface area contributed by atoms with Crippen molar-refractivity contribution < 1.29 is 9.53 Å². The lowest BCUT2D eigenvalue weighted by molar-refractivity contribution is -0.133. The summed E-state index contributed by atoms with van der Waals surface area (Å²) >= 11 is 1.89. The third-order valence-corrected chi connectivity index (χ3v) is 7.98. The molecule has 1 aromatic carbocycles. The van der Waals surface area contributed by atoms with Crippen molar-refractivity contribution in [2.24, 2.45) is 0 Å². The Labute approximate surface area is 192 Å². The highest BCUT2D eigenvalue weighted by atomic mass is 32.1. The molecule has 0 unspecified atom stereocenters. The first kappa shape index (κ1) is 20.0. The minimum atomic E-state index is 0.0490. The van der Waals surface area contributed by atoms with Crippen LogP contribution in [0.5, 0.6) is 5.75 Å². The zero-order valence-corrected chi connectivity index (χ0v) is 19.1. The summed E-state index contributed by atoms with van der Waals surface area (Å²) in [5.41, 5.74) is 1.49. The number of amides is 1. The lowest BCUT2D eigenvalue weighted by Gasteiger charge is -2.36. The predicted molar refractivity (Wildman–Crippen MR) is 127 cm³/mol. The SMILES string of the molecule is O=C(COc1ccccc1)N1CCN(c2nc(C3CC3)nc3sc4c(c23)CCCC4)CC1. The van der Waals surface area contributed by atoms with Crippen molar-refractivity contribution in [3.63, 3.8) is 0 Å². The van der Waals surface area contributed by atoms with Gasteiger partial charge in [0.05, 0.1) is 5.39 Å². The lowest BCUT2D eigenvalue weighted by atomic mass is 9.97. The predicted octanol–water partition coefficient (Wildman–Crippen LogP) is 4.18. The first-order chi connectivity index (χ1) is 15.8. The van der Waals surface area contributed by atoms with E-state index in [2.05, 4.69) is 4.90 Å². The van der Waals surface area contributed by atoms with Crippen molar-refractivity contribution >= 4 is 33.3 Å². The van der Waals surface area contributed by atoms with Crippen LogP contribution < -0.4 is 9.64 Å². The molecule has 0 radical (unpaired) electrons. The number of piperazine rings is 1. The number of carbonyl (C=O) groups is 1. The molecule has 32 heavy (non-hydrogen) atoms. The Bertz CT molecular complexity index is 1130. The van der Waals surface area contributed by atoms with Crippen LogP contribution in [0.3, 0.4) is 0 Å². The van der Waals surface area contributed by atoms with E-state index in [-0.39, 0.29) is 12.5 Å². The van der Waals surface area contributed by atoms with E-state index >= 15 is 0 Å². The molecule has 1 saturated carbocycles. The Morgan fingerprint density at radius 3 is 2.59 bits per heavy atom. The van der Waals surface area contributed by atoms with Gasteiger partial charge in [-0.25, -0.2) is 9.97 Å². The minimum Gasteiger partial charge on any atom is -0.484 e. The maximum Gasteiger partial charge on any atom is 0.260 e. The number of nitrogens with zero attached hydrogens (tertiary/aromatic N) is 4. The van der Waals surface area contributed by atoms with Crippen LogP contribution in [0.15, 0.2) is 30.3 Å². The number of carbonyl (C=O) groups excluding carboxylic acids is 1. The first-order valence-corrected chi connectivity index (χ1v) is 12.6. The molecule has 1 saturated heterocycles. The molecule has 1 aliphatic heterocycles. The molecule has 2 aliphatic carbocycles. The zero-order chi connectivity index (χ0) is 21.5. The maximum atomic E-state index is 12.7. The molecule has 3 aromatic rings. The van der Waals surface area contributed by atoms with Gasteiger partial charge in [0.2, 0.25) is 0 Å². The quantitative estimate of drug-likeness (QED) is 0.586. The van der Waals surface area contributed by atoms with Crippen molar-refractivity contribution in [1.82, 2.24) is 14.9 Å². The average molecular weight is 449 g/mol. The monoisotopic (exact) mass is 448 g/mol. The number of anilines is 1. The molecule has 3 heterocycles. The van der Waals surface area contributed by atoms with Crippen molar-refractivity contribution in [1.29, 1.82) is 0 Å². The van der Waals surface area contributed by atoms with Crippen LogP contribution in [0.1, 0.15) is 47.9 Å². The first-order valence-electron chi connectivity index (χ1n) is 11.8. The number of aryl methyl sites for hydroxylation is 2. The Hall–Kier alpha value is -2.67. The molecule has 0 bridgehead atoms. The van der Waals surface area contributed by atoms with Crippen LogP contribution in [0.25, 0.3) is 10.2 Å². The fourth-order valence-electron chi connectivity index (χ4n) is 4.83. The third-order valence-electron chi connectivity index (χ3n) is 6.79. The Kier molecular flexibility index (Phi) is 5.21. The second kappa shape index (κ2) is 8.35. The standard InChI is InChI=1S/C25H28N4O2S/c30-21(16-31-18-6-2-1-3-7-18)28-12-14-29(15-13-28)24-22-19-8-4-5-9-20(19)32-25(22)27-23(26-24)17-10-11-17/h1-3,6-7,17H,4-5,8-16H2. The second-order valence-corrected chi connectivity index (χ2v) is 10.1. The summed E-state index contributed by atoms with van der Waals surface area (Å²) < 4.78 is 5.67. The number of ether oxygens (including phenoxy) is 1. The summed E-state index contributed by atoms with van der Waals surface area (Å²) in [5, 5.41) is 1.29. The van der Waals surface area contributed by atoms with Crippen molar-refractivity contribution in [3.05, 3.63) is 46.6 Å². The number of hydrogen-bond donors (Lipinski definition) is 0. The third kappa shape index (κ3) is 3.83. The Morgan fingerprint density at radius 1 is 1.03 bits per heavy atom. The summed E-state index contributed by atoms with van der Waals surface area (Å²) in [6, 6.07) is 9.53. The summed E-state index contributed by atoms with van der Waals surface area (Å²) in [4.78, 5) is 29.8. The maximum absolute atomic E-state index is 12.7.